The van der Waals surface area contributed by atoms with Gasteiger partial charge in [-0.2, -0.15) is 5.10 Å². The van der Waals surface area contributed by atoms with Gasteiger partial charge in [-0.15, -0.1) is 0 Å². The predicted molar refractivity (Wildman–Crippen MR) is 98.0 cm³/mol. The van der Waals surface area contributed by atoms with Gasteiger partial charge in [-0.1, -0.05) is 35.4 Å². The van der Waals surface area contributed by atoms with Crippen molar-refractivity contribution in [1.82, 2.24) is 0 Å². The fourth-order valence-corrected chi connectivity index (χ4v) is 3.53. The van der Waals surface area contributed by atoms with E-state index in [9.17, 15) is 0 Å². The Kier molecular flexibility index (Phi) is 3.88. The monoisotopic (exact) mass is 305 g/mol. The van der Waals surface area contributed by atoms with Crippen molar-refractivity contribution in [3.8, 4) is 0 Å². The fourth-order valence-electron chi connectivity index (χ4n) is 3.53. The van der Waals surface area contributed by atoms with E-state index in [2.05, 4.69) is 77.6 Å². The highest BCUT2D eigenvalue weighted by molar-refractivity contribution is 5.88. The van der Waals surface area contributed by atoms with Gasteiger partial charge in [0, 0.05) is 0 Å². The van der Waals surface area contributed by atoms with E-state index in [0.717, 1.165) is 11.4 Å². The first-order chi connectivity index (χ1) is 10.9. The van der Waals surface area contributed by atoms with Crippen LogP contribution in [0.4, 0.5) is 11.4 Å². The first-order valence-electron chi connectivity index (χ1n) is 7.92. The molecule has 3 rings (SSSR count). The molecule has 3 nitrogen and oxygen atoms in total. The van der Waals surface area contributed by atoms with Crippen LogP contribution < -0.4 is 9.91 Å². The van der Waals surface area contributed by atoms with Gasteiger partial charge in [-0.25, -0.2) is 5.01 Å². The number of hydrogen-bond acceptors (Lipinski definition) is 3. The van der Waals surface area contributed by atoms with Crippen LogP contribution >= 0.6 is 0 Å². The molecule has 118 valence electrons. The predicted octanol–water partition coefficient (Wildman–Crippen LogP) is 4.80. The van der Waals surface area contributed by atoms with E-state index in [1.54, 1.807) is 0 Å². The third kappa shape index (κ3) is 2.83. The summed E-state index contributed by atoms with van der Waals surface area (Å²) in [6.45, 7) is 16.1. The molecule has 2 radical (unpaired) electrons. The summed E-state index contributed by atoms with van der Waals surface area (Å²) < 4.78 is 0. The molecule has 0 N–H and O–H groups in total. The second kappa shape index (κ2) is 5.73. The van der Waals surface area contributed by atoms with Crippen molar-refractivity contribution in [2.45, 2.75) is 41.5 Å². The summed E-state index contributed by atoms with van der Waals surface area (Å²) in [6, 6.07) is 8.76. The lowest BCUT2D eigenvalue weighted by Crippen LogP contribution is -2.22. The van der Waals surface area contributed by atoms with Gasteiger partial charge in [0.2, 0.25) is 6.67 Å². The Hall–Kier alpha value is -2.29. The van der Waals surface area contributed by atoms with Crippen LogP contribution in [0, 0.1) is 48.2 Å². The normalized spacial score (nSPS) is 14.0. The van der Waals surface area contributed by atoms with Gasteiger partial charge in [0.1, 0.15) is 6.34 Å². The number of benzene rings is 2. The van der Waals surface area contributed by atoms with E-state index in [0.29, 0.717) is 0 Å². The SMILES string of the molecule is Cc1cc(C)c(N2[C]N(c3c(C)cc(C)cc3C)N=C2)c(C)c1. The summed E-state index contributed by atoms with van der Waals surface area (Å²) in [5.74, 6) is 0. The van der Waals surface area contributed by atoms with Crippen molar-refractivity contribution in [2.75, 3.05) is 9.91 Å². The van der Waals surface area contributed by atoms with Crippen LogP contribution in [0.3, 0.4) is 0 Å². The first-order valence-corrected chi connectivity index (χ1v) is 7.92. The summed E-state index contributed by atoms with van der Waals surface area (Å²) in [5.41, 5.74) is 9.72. The van der Waals surface area contributed by atoms with Crippen molar-refractivity contribution in [3.63, 3.8) is 0 Å². The van der Waals surface area contributed by atoms with Gasteiger partial charge in [0.15, 0.2) is 0 Å². The second-order valence-corrected chi connectivity index (χ2v) is 6.51. The molecule has 0 saturated heterocycles. The van der Waals surface area contributed by atoms with Crippen molar-refractivity contribution >= 4 is 17.7 Å². The first kappa shape index (κ1) is 15.6. The summed E-state index contributed by atoms with van der Waals surface area (Å²) in [6.07, 6.45) is 1.84. The Morgan fingerprint density at radius 2 is 1.13 bits per heavy atom. The van der Waals surface area contributed by atoms with Gasteiger partial charge < -0.3 is 0 Å². The molecule has 3 heteroatoms. The number of rotatable bonds is 2. The summed E-state index contributed by atoms with van der Waals surface area (Å²) >= 11 is 0. The smallest absolute Gasteiger partial charge is 0.237 e. The summed E-state index contributed by atoms with van der Waals surface area (Å²) in [7, 11) is 0. The molecule has 0 saturated carbocycles. The Bertz CT molecular complexity index is 678. The molecule has 23 heavy (non-hydrogen) atoms. The van der Waals surface area contributed by atoms with Crippen LogP contribution in [0.1, 0.15) is 33.4 Å². The number of anilines is 2. The van der Waals surface area contributed by atoms with Crippen LogP contribution in [0.15, 0.2) is 29.4 Å². The molecule has 1 heterocycles. The van der Waals surface area contributed by atoms with Gasteiger partial charge in [0.25, 0.3) is 0 Å². The average molecular weight is 305 g/mol. The van der Waals surface area contributed by atoms with Crippen molar-refractivity contribution in [3.05, 3.63) is 64.3 Å². The lowest BCUT2D eigenvalue weighted by molar-refractivity contribution is 0.995. The van der Waals surface area contributed by atoms with E-state index in [-0.39, 0.29) is 0 Å². The average Bonchev–Trinajstić information content (AvgIpc) is 2.85. The number of aryl methyl sites for hydroxylation is 6. The van der Waals surface area contributed by atoms with E-state index in [1.807, 2.05) is 16.2 Å². The Morgan fingerprint density at radius 1 is 0.696 bits per heavy atom. The molecule has 1 aliphatic heterocycles. The lowest BCUT2D eigenvalue weighted by atomic mass is 10.0. The zero-order valence-electron chi connectivity index (χ0n) is 14.7. The fraction of sp³-hybridized carbons (Fsp3) is 0.300. The van der Waals surface area contributed by atoms with Crippen LogP contribution in [0.2, 0.25) is 0 Å². The highest BCUT2D eigenvalue weighted by Gasteiger charge is 2.24. The van der Waals surface area contributed by atoms with E-state index >= 15 is 0 Å². The van der Waals surface area contributed by atoms with Gasteiger partial charge in [0.05, 0.1) is 11.4 Å². The van der Waals surface area contributed by atoms with E-state index in [4.69, 9.17) is 0 Å². The largest absolute Gasteiger partial charge is 0.297 e. The Balaban J connectivity index is 1.93. The number of nitrogens with zero attached hydrogens (tertiary/aromatic N) is 3. The Morgan fingerprint density at radius 3 is 1.61 bits per heavy atom. The van der Waals surface area contributed by atoms with Crippen LogP contribution in [-0.4, -0.2) is 6.34 Å². The van der Waals surface area contributed by atoms with Crippen molar-refractivity contribution < 1.29 is 0 Å². The minimum atomic E-state index is 1.11. The molecule has 0 unspecified atom stereocenters. The van der Waals surface area contributed by atoms with Crippen molar-refractivity contribution in [1.29, 1.82) is 0 Å². The Labute approximate surface area is 139 Å². The second-order valence-electron chi connectivity index (χ2n) is 6.51. The highest BCUT2D eigenvalue weighted by atomic mass is 15.6. The topological polar surface area (TPSA) is 18.8 Å². The van der Waals surface area contributed by atoms with Gasteiger partial charge >= 0.3 is 0 Å². The van der Waals surface area contributed by atoms with Crippen LogP contribution in [-0.2, 0) is 0 Å². The molecule has 0 aromatic heterocycles. The van der Waals surface area contributed by atoms with Crippen LogP contribution in [0.25, 0.3) is 0 Å². The summed E-state index contributed by atoms with van der Waals surface area (Å²) in [5, 5.41) is 6.39. The molecule has 0 aliphatic carbocycles. The maximum Gasteiger partial charge on any atom is 0.237 e. The third-order valence-electron chi connectivity index (χ3n) is 4.21. The molecular weight excluding hydrogens is 282 g/mol. The van der Waals surface area contributed by atoms with E-state index < -0.39 is 0 Å². The minimum Gasteiger partial charge on any atom is -0.297 e. The van der Waals surface area contributed by atoms with Crippen LogP contribution in [0.5, 0.6) is 0 Å². The zero-order valence-corrected chi connectivity index (χ0v) is 14.7. The minimum absolute atomic E-state index is 1.11. The van der Waals surface area contributed by atoms with Gasteiger partial charge in [-0.3, -0.25) is 4.90 Å². The number of hydrogen-bond donors (Lipinski definition) is 0. The molecule has 0 spiro atoms. The molecule has 1 aliphatic rings. The lowest BCUT2D eigenvalue weighted by Gasteiger charge is -2.23. The molecule has 0 bridgehead atoms. The number of hydrazone groups is 1. The highest BCUT2D eigenvalue weighted by Crippen LogP contribution is 2.33. The zero-order chi connectivity index (χ0) is 16.7. The third-order valence-corrected chi connectivity index (χ3v) is 4.21. The molecule has 0 fully saturated rings. The van der Waals surface area contributed by atoms with Gasteiger partial charge in [-0.05, 0) is 63.8 Å². The maximum atomic E-state index is 4.54. The molecular formula is C20H23N3. The van der Waals surface area contributed by atoms with Crippen molar-refractivity contribution in [2.24, 2.45) is 5.10 Å². The quantitative estimate of drug-likeness (QED) is 0.793. The standard InChI is InChI=1S/C20H23N3/c1-13-7-15(3)19(16(4)8-13)22-11-21-23(12-22)20-17(5)9-14(2)10-18(20)6/h7-11H,1-6H3. The maximum absolute atomic E-state index is 4.54. The molecule has 2 aromatic carbocycles. The molecule has 0 atom stereocenters. The summed E-state index contributed by atoms with van der Waals surface area (Å²) in [4.78, 5) is 1.99. The molecule has 0 amide bonds. The molecule has 2 aromatic rings. The van der Waals surface area contributed by atoms with E-state index in [1.165, 1.54) is 33.4 Å².